The van der Waals surface area contributed by atoms with Gasteiger partial charge in [-0.2, -0.15) is 5.10 Å². The number of carbonyl (C=O) groups excluding carboxylic acids is 1. The van der Waals surface area contributed by atoms with Crippen molar-refractivity contribution in [2.24, 2.45) is 5.73 Å². The maximum absolute atomic E-state index is 12.5. The van der Waals surface area contributed by atoms with E-state index in [0.29, 0.717) is 6.54 Å². The lowest BCUT2D eigenvalue weighted by Gasteiger charge is -2.31. The molecule has 128 valence electrons. The lowest BCUT2D eigenvalue weighted by Crippen LogP contribution is -2.54. The summed E-state index contributed by atoms with van der Waals surface area (Å²) >= 11 is 0. The second-order valence-corrected chi connectivity index (χ2v) is 6.80. The number of para-hydroxylation sites is 1. The molecule has 1 heterocycles. The van der Waals surface area contributed by atoms with Gasteiger partial charge in [-0.1, -0.05) is 37.5 Å². The molecule has 1 saturated carbocycles. The summed E-state index contributed by atoms with van der Waals surface area (Å²) < 4.78 is 1.93. The molecule has 1 aromatic carbocycles. The van der Waals surface area contributed by atoms with E-state index in [-0.39, 0.29) is 5.91 Å². The Morgan fingerprint density at radius 3 is 2.54 bits per heavy atom. The second-order valence-electron chi connectivity index (χ2n) is 6.80. The summed E-state index contributed by atoms with van der Waals surface area (Å²) in [4.78, 5) is 12.5. The standard InChI is InChI=1S/C19H26N4O/c1-14-17(13-21-18(24)19(20)11-7-4-8-12-19)15(2)23(22-14)16-9-5-3-6-10-16/h3,5-6,9-10H,4,7-8,11-13,20H2,1-2H3,(H,21,24). The molecule has 0 aliphatic heterocycles. The van der Waals surface area contributed by atoms with Gasteiger partial charge in [-0.15, -0.1) is 0 Å². The van der Waals surface area contributed by atoms with Gasteiger partial charge in [0.1, 0.15) is 0 Å². The summed E-state index contributed by atoms with van der Waals surface area (Å²) in [5, 5.41) is 7.66. The number of aromatic nitrogens is 2. The topological polar surface area (TPSA) is 72.9 Å². The number of nitrogens with two attached hydrogens (primary N) is 1. The summed E-state index contributed by atoms with van der Waals surface area (Å²) in [7, 11) is 0. The van der Waals surface area contributed by atoms with Crippen molar-refractivity contribution in [1.82, 2.24) is 15.1 Å². The minimum atomic E-state index is -0.699. The fourth-order valence-corrected chi connectivity index (χ4v) is 3.51. The largest absolute Gasteiger partial charge is 0.350 e. The fourth-order valence-electron chi connectivity index (χ4n) is 3.51. The number of carbonyl (C=O) groups is 1. The highest BCUT2D eigenvalue weighted by Crippen LogP contribution is 2.26. The number of rotatable bonds is 4. The molecule has 1 aliphatic rings. The Balaban J connectivity index is 1.74. The second kappa shape index (κ2) is 6.77. The first-order chi connectivity index (χ1) is 11.5. The molecule has 0 saturated heterocycles. The molecule has 3 N–H and O–H groups in total. The van der Waals surface area contributed by atoms with Gasteiger partial charge < -0.3 is 11.1 Å². The molecule has 2 aromatic rings. The van der Waals surface area contributed by atoms with E-state index in [0.717, 1.165) is 48.3 Å². The highest BCUT2D eigenvalue weighted by atomic mass is 16.2. The summed E-state index contributed by atoms with van der Waals surface area (Å²) in [6, 6.07) is 10.0. The van der Waals surface area contributed by atoms with Crippen LogP contribution in [0, 0.1) is 13.8 Å². The average molecular weight is 326 g/mol. The van der Waals surface area contributed by atoms with Crippen LogP contribution in [-0.4, -0.2) is 21.2 Å². The number of hydrogen-bond donors (Lipinski definition) is 2. The first-order valence-electron chi connectivity index (χ1n) is 8.69. The molecular formula is C19H26N4O. The monoisotopic (exact) mass is 326 g/mol. The number of nitrogens with one attached hydrogen (secondary N) is 1. The fraction of sp³-hybridized carbons (Fsp3) is 0.474. The van der Waals surface area contributed by atoms with E-state index in [1.807, 2.05) is 48.9 Å². The Morgan fingerprint density at radius 2 is 1.88 bits per heavy atom. The smallest absolute Gasteiger partial charge is 0.240 e. The Hall–Kier alpha value is -2.14. The Bertz CT molecular complexity index is 714. The number of amides is 1. The van der Waals surface area contributed by atoms with Crippen molar-refractivity contribution in [3.05, 3.63) is 47.3 Å². The third-order valence-electron chi connectivity index (χ3n) is 5.07. The Labute approximate surface area is 143 Å². The predicted octanol–water partition coefficient (Wildman–Crippen LogP) is 2.77. The van der Waals surface area contributed by atoms with Crippen LogP contribution in [0.3, 0.4) is 0 Å². The van der Waals surface area contributed by atoms with Gasteiger partial charge in [0.25, 0.3) is 0 Å². The van der Waals surface area contributed by atoms with Crippen molar-refractivity contribution in [1.29, 1.82) is 0 Å². The molecule has 0 unspecified atom stereocenters. The van der Waals surface area contributed by atoms with Crippen LogP contribution in [0.5, 0.6) is 0 Å². The van der Waals surface area contributed by atoms with Crippen LogP contribution in [-0.2, 0) is 11.3 Å². The quantitative estimate of drug-likeness (QED) is 0.907. The number of hydrogen-bond acceptors (Lipinski definition) is 3. The first kappa shape index (κ1) is 16.7. The van der Waals surface area contributed by atoms with Crippen LogP contribution in [0.25, 0.3) is 5.69 Å². The van der Waals surface area contributed by atoms with Crippen molar-refractivity contribution >= 4 is 5.91 Å². The van der Waals surface area contributed by atoms with Crippen molar-refractivity contribution in [2.45, 2.75) is 58.0 Å². The molecule has 1 fully saturated rings. The molecule has 0 bridgehead atoms. The molecule has 24 heavy (non-hydrogen) atoms. The van der Waals surface area contributed by atoms with Crippen LogP contribution < -0.4 is 11.1 Å². The van der Waals surface area contributed by atoms with Crippen LogP contribution in [0.15, 0.2) is 30.3 Å². The van der Waals surface area contributed by atoms with Crippen LogP contribution in [0.4, 0.5) is 0 Å². The normalized spacial score (nSPS) is 16.8. The first-order valence-corrected chi connectivity index (χ1v) is 8.69. The molecule has 1 aliphatic carbocycles. The maximum atomic E-state index is 12.5. The highest BCUT2D eigenvalue weighted by molar-refractivity contribution is 5.86. The van der Waals surface area contributed by atoms with E-state index in [2.05, 4.69) is 10.4 Å². The van der Waals surface area contributed by atoms with E-state index in [9.17, 15) is 4.79 Å². The van der Waals surface area contributed by atoms with E-state index in [4.69, 9.17) is 5.73 Å². The van der Waals surface area contributed by atoms with Gasteiger partial charge >= 0.3 is 0 Å². The van der Waals surface area contributed by atoms with Crippen molar-refractivity contribution in [3.8, 4) is 5.69 Å². The lowest BCUT2D eigenvalue weighted by atomic mass is 9.82. The van der Waals surface area contributed by atoms with Gasteiger partial charge in [-0.3, -0.25) is 4.79 Å². The van der Waals surface area contributed by atoms with Gasteiger partial charge in [0.15, 0.2) is 0 Å². The summed E-state index contributed by atoms with van der Waals surface area (Å²) in [5.41, 5.74) is 9.68. The molecule has 0 radical (unpaired) electrons. The Kier molecular flexibility index (Phi) is 4.71. The molecule has 5 heteroatoms. The maximum Gasteiger partial charge on any atom is 0.240 e. The zero-order valence-corrected chi connectivity index (χ0v) is 14.5. The van der Waals surface area contributed by atoms with Gasteiger partial charge in [0.2, 0.25) is 5.91 Å². The zero-order valence-electron chi connectivity index (χ0n) is 14.5. The van der Waals surface area contributed by atoms with Crippen LogP contribution in [0.1, 0.15) is 49.1 Å². The van der Waals surface area contributed by atoms with Gasteiger partial charge in [-0.05, 0) is 38.8 Å². The SMILES string of the molecule is Cc1nn(-c2ccccc2)c(C)c1CNC(=O)C1(N)CCCCC1. The van der Waals surface area contributed by atoms with Gasteiger partial charge in [0, 0.05) is 17.8 Å². The molecule has 0 atom stereocenters. The highest BCUT2D eigenvalue weighted by Gasteiger charge is 2.35. The zero-order chi connectivity index (χ0) is 17.2. The molecule has 1 amide bonds. The molecule has 3 rings (SSSR count). The third kappa shape index (κ3) is 3.22. The molecular weight excluding hydrogens is 300 g/mol. The minimum Gasteiger partial charge on any atom is -0.350 e. The van der Waals surface area contributed by atoms with Crippen LogP contribution >= 0.6 is 0 Å². The number of benzene rings is 1. The average Bonchev–Trinajstić information content (AvgIpc) is 2.88. The molecule has 1 aromatic heterocycles. The van der Waals surface area contributed by atoms with Gasteiger partial charge in [0.05, 0.1) is 16.9 Å². The van der Waals surface area contributed by atoms with E-state index < -0.39 is 5.54 Å². The molecule has 5 nitrogen and oxygen atoms in total. The third-order valence-corrected chi connectivity index (χ3v) is 5.07. The number of nitrogens with zero attached hydrogens (tertiary/aromatic N) is 2. The van der Waals surface area contributed by atoms with Crippen molar-refractivity contribution in [2.75, 3.05) is 0 Å². The van der Waals surface area contributed by atoms with Gasteiger partial charge in [-0.25, -0.2) is 4.68 Å². The summed E-state index contributed by atoms with van der Waals surface area (Å²) in [5.74, 6) is -0.0338. The van der Waals surface area contributed by atoms with Crippen LogP contribution in [0.2, 0.25) is 0 Å². The lowest BCUT2D eigenvalue weighted by molar-refractivity contribution is -0.127. The van der Waals surface area contributed by atoms with E-state index in [1.165, 1.54) is 6.42 Å². The van der Waals surface area contributed by atoms with Crippen molar-refractivity contribution < 1.29 is 4.79 Å². The Morgan fingerprint density at radius 1 is 1.21 bits per heavy atom. The minimum absolute atomic E-state index is 0.0338. The van der Waals surface area contributed by atoms with Crippen molar-refractivity contribution in [3.63, 3.8) is 0 Å². The summed E-state index contributed by atoms with van der Waals surface area (Å²) in [6.45, 7) is 4.49. The van der Waals surface area contributed by atoms with E-state index >= 15 is 0 Å². The number of aryl methyl sites for hydroxylation is 1. The summed E-state index contributed by atoms with van der Waals surface area (Å²) in [6.07, 6.45) is 4.80. The predicted molar refractivity (Wildman–Crippen MR) is 94.9 cm³/mol. The van der Waals surface area contributed by atoms with E-state index in [1.54, 1.807) is 0 Å². The molecule has 0 spiro atoms.